The van der Waals surface area contributed by atoms with Gasteiger partial charge in [-0.05, 0) is 24.3 Å². The molecular formula is C12H15NO2S. The van der Waals surface area contributed by atoms with E-state index in [9.17, 15) is 0 Å². The summed E-state index contributed by atoms with van der Waals surface area (Å²) >= 11 is 1.73. The van der Waals surface area contributed by atoms with Gasteiger partial charge in [-0.1, -0.05) is 0 Å². The van der Waals surface area contributed by atoms with Crippen LogP contribution >= 0.6 is 11.8 Å². The summed E-state index contributed by atoms with van der Waals surface area (Å²) in [5.74, 6) is 3.47. The van der Waals surface area contributed by atoms with E-state index < -0.39 is 0 Å². The van der Waals surface area contributed by atoms with Crippen LogP contribution in [0.15, 0.2) is 24.3 Å². The summed E-state index contributed by atoms with van der Waals surface area (Å²) in [5.41, 5.74) is 0. The highest BCUT2D eigenvalue weighted by Gasteiger charge is 1.95. The van der Waals surface area contributed by atoms with Crippen LogP contribution in [0, 0.1) is 11.3 Å². The standard InChI is InChI=1S/C12H15NO2S/c1-14-11-3-5-12(6-4-11)15-8-10-16-9-2-7-13/h3-6H,2,8-10H2,1H3. The zero-order chi connectivity index (χ0) is 11.6. The lowest BCUT2D eigenvalue weighted by Gasteiger charge is -2.06. The van der Waals surface area contributed by atoms with Gasteiger partial charge < -0.3 is 9.47 Å². The van der Waals surface area contributed by atoms with Crippen LogP contribution < -0.4 is 9.47 Å². The molecule has 0 N–H and O–H groups in total. The third kappa shape index (κ3) is 4.94. The minimum Gasteiger partial charge on any atom is -0.497 e. The molecule has 3 nitrogen and oxygen atoms in total. The molecule has 16 heavy (non-hydrogen) atoms. The molecule has 86 valence electrons. The van der Waals surface area contributed by atoms with Crippen molar-refractivity contribution in [3.63, 3.8) is 0 Å². The van der Waals surface area contributed by atoms with Crippen LogP contribution in [0.25, 0.3) is 0 Å². The van der Waals surface area contributed by atoms with Crippen molar-refractivity contribution in [1.29, 1.82) is 5.26 Å². The van der Waals surface area contributed by atoms with Crippen LogP contribution in [0.2, 0.25) is 0 Å². The van der Waals surface area contributed by atoms with Crippen molar-refractivity contribution in [2.75, 3.05) is 25.2 Å². The Hall–Kier alpha value is -1.34. The lowest BCUT2D eigenvalue weighted by atomic mass is 10.3. The first-order chi connectivity index (χ1) is 7.86. The van der Waals surface area contributed by atoms with Gasteiger partial charge in [0.1, 0.15) is 11.5 Å². The van der Waals surface area contributed by atoms with E-state index in [0.29, 0.717) is 13.0 Å². The van der Waals surface area contributed by atoms with E-state index in [1.807, 2.05) is 24.3 Å². The first kappa shape index (κ1) is 12.7. The van der Waals surface area contributed by atoms with E-state index in [1.54, 1.807) is 18.9 Å². The number of rotatable bonds is 7. The number of benzene rings is 1. The molecule has 1 rings (SSSR count). The van der Waals surface area contributed by atoms with E-state index in [0.717, 1.165) is 23.0 Å². The largest absolute Gasteiger partial charge is 0.497 e. The van der Waals surface area contributed by atoms with Crippen molar-refractivity contribution in [2.24, 2.45) is 0 Å². The number of ether oxygens (including phenoxy) is 2. The van der Waals surface area contributed by atoms with Crippen LogP contribution in [0.1, 0.15) is 6.42 Å². The highest BCUT2D eigenvalue weighted by Crippen LogP contribution is 2.17. The second-order valence-corrected chi connectivity index (χ2v) is 4.27. The van der Waals surface area contributed by atoms with Crippen LogP contribution in [0.4, 0.5) is 0 Å². The summed E-state index contributed by atoms with van der Waals surface area (Å²) in [6.07, 6.45) is 0.604. The maximum absolute atomic E-state index is 8.34. The molecule has 0 aliphatic heterocycles. The van der Waals surface area contributed by atoms with Crippen molar-refractivity contribution in [3.05, 3.63) is 24.3 Å². The number of nitrogens with zero attached hydrogens (tertiary/aromatic N) is 1. The number of hydrogen-bond donors (Lipinski definition) is 0. The van der Waals surface area contributed by atoms with Gasteiger partial charge in [0.2, 0.25) is 0 Å². The number of hydrogen-bond acceptors (Lipinski definition) is 4. The minimum atomic E-state index is 0.604. The fourth-order valence-corrected chi connectivity index (χ4v) is 1.75. The smallest absolute Gasteiger partial charge is 0.119 e. The molecule has 0 aromatic heterocycles. The fourth-order valence-electron chi connectivity index (χ4n) is 1.11. The molecule has 0 atom stereocenters. The maximum Gasteiger partial charge on any atom is 0.119 e. The highest BCUT2D eigenvalue weighted by molar-refractivity contribution is 7.99. The molecule has 0 saturated carbocycles. The van der Waals surface area contributed by atoms with Crippen molar-refractivity contribution >= 4 is 11.8 Å². The second kappa shape index (κ2) is 7.89. The van der Waals surface area contributed by atoms with Gasteiger partial charge in [0.25, 0.3) is 0 Å². The Bertz CT molecular complexity index is 332. The monoisotopic (exact) mass is 237 g/mol. The molecule has 1 aromatic carbocycles. The Balaban J connectivity index is 2.15. The molecule has 0 unspecified atom stereocenters. The van der Waals surface area contributed by atoms with E-state index >= 15 is 0 Å². The average Bonchev–Trinajstić information content (AvgIpc) is 2.34. The molecule has 1 aromatic rings. The summed E-state index contributed by atoms with van der Waals surface area (Å²) in [5, 5.41) is 8.34. The summed E-state index contributed by atoms with van der Waals surface area (Å²) in [4.78, 5) is 0. The third-order valence-corrected chi connectivity index (χ3v) is 2.86. The van der Waals surface area contributed by atoms with Crippen molar-refractivity contribution < 1.29 is 9.47 Å². The van der Waals surface area contributed by atoms with Crippen LogP contribution in [-0.2, 0) is 0 Å². The van der Waals surface area contributed by atoms with Crippen LogP contribution in [0.5, 0.6) is 11.5 Å². The van der Waals surface area contributed by atoms with Gasteiger partial charge in [-0.25, -0.2) is 0 Å². The molecule has 0 aliphatic rings. The predicted octanol–water partition coefficient (Wildman–Crippen LogP) is 2.72. The summed E-state index contributed by atoms with van der Waals surface area (Å²) in [6, 6.07) is 9.64. The fraction of sp³-hybridized carbons (Fsp3) is 0.417. The lowest BCUT2D eigenvalue weighted by Crippen LogP contribution is -2.00. The quantitative estimate of drug-likeness (QED) is 0.684. The summed E-state index contributed by atoms with van der Waals surface area (Å²) < 4.78 is 10.6. The number of methoxy groups -OCH3 is 1. The molecule has 0 aliphatic carbocycles. The van der Waals surface area contributed by atoms with Crippen molar-refractivity contribution in [2.45, 2.75) is 6.42 Å². The van der Waals surface area contributed by atoms with Gasteiger partial charge >= 0.3 is 0 Å². The molecule has 0 fully saturated rings. The summed E-state index contributed by atoms with van der Waals surface area (Å²) in [7, 11) is 1.64. The third-order valence-electron chi connectivity index (χ3n) is 1.91. The topological polar surface area (TPSA) is 42.2 Å². The van der Waals surface area contributed by atoms with E-state index in [4.69, 9.17) is 14.7 Å². The summed E-state index contributed by atoms with van der Waals surface area (Å²) in [6.45, 7) is 0.669. The first-order valence-electron chi connectivity index (χ1n) is 5.08. The molecule has 0 amide bonds. The SMILES string of the molecule is COc1ccc(OCCSCCC#N)cc1. The Morgan fingerprint density at radius 2 is 1.88 bits per heavy atom. The molecule has 0 saturated heterocycles. The Kier molecular flexibility index (Phi) is 6.28. The van der Waals surface area contributed by atoms with Crippen molar-refractivity contribution in [1.82, 2.24) is 0 Å². The Morgan fingerprint density at radius 1 is 1.19 bits per heavy atom. The number of nitriles is 1. The van der Waals surface area contributed by atoms with Crippen molar-refractivity contribution in [3.8, 4) is 17.6 Å². The molecule has 4 heteroatoms. The normalized spacial score (nSPS) is 9.50. The zero-order valence-electron chi connectivity index (χ0n) is 9.31. The van der Waals surface area contributed by atoms with E-state index in [1.165, 1.54) is 0 Å². The van der Waals surface area contributed by atoms with Gasteiger partial charge in [0, 0.05) is 17.9 Å². The minimum absolute atomic E-state index is 0.604. The van der Waals surface area contributed by atoms with E-state index in [2.05, 4.69) is 6.07 Å². The van der Waals surface area contributed by atoms with Gasteiger partial charge in [-0.2, -0.15) is 17.0 Å². The maximum atomic E-state index is 8.34. The van der Waals surface area contributed by atoms with E-state index in [-0.39, 0.29) is 0 Å². The van der Waals surface area contributed by atoms with Gasteiger partial charge in [0.05, 0.1) is 19.8 Å². The van der Waals surface area contributed by atoms with Crippen LogP contribution in [0.3, 0.4) is 0 Å². The first-order valence-corrected chi connectivity index (χ1v) is 6.24. The lowest BCUT2D eigenvalue weighted by molar-refractivity contribution is 0.342. The molecule has 0 heterocycles. The molecule has 0 spiro atoms. The van der Waals surface area contributed by atoms with Gasteiger partial charge in [-0.3, -0.25) is 0 Å². The second-order valence-electron chi connectivity index (χ2n) is 3.04. The average molecular weight is 237 g/mol. The highest BCUT2D eigenvalue weighted by atomic mass is 32.2. The zero-order valence-corrected chi connectivity index (χ0v) is 10.1. The Labute approximate surface area is 100 Å². The molecular weight excluding hydrogens is 222 g/mol. The Morgan fingerprint density at radius 3 is 2.50 bits per heavy atom. The molecule has 0 bridgehead atoms. The molecule has 0 radical (unpaired) electrons. The van der Waals surface area contributed by atoms with Crippen LogP contribution in [-0.4, -0.2) is 25.2 Å². The predicted molar refractivity (Wildman–Crippen MR) is 66.0 cm³/mol. The van der Waals surface area contributed by atoms with Gasteiger partial charge in [0.15, 0.2) is 0 Å². The number of thioether (sulfide) groups is 1. The van der Waals surface area contributed by atoms with Gasteiger partial charge in [-0.15, -0.1) is 0 Å².